The Bertz CT molecular complexity index is 705. The Balaban J connectivity index is 1.82. The highest BCUT2D eigenvalue weighted by Gasteiger charge is 2.18. The number of benzene rings is 2. The third-order valence-electron chi connectivity index (χ3n) is 3.85. The highest BCUT2D eigenvalue weighted by molar-refractivity contribution is 8.00. The zero-order chi connectivity index (χ0) is 18.9. The molecule has 5 nitrogen and oxygen atoms in total. The number of para-hydroxylation sites is 2. The number of amides is 1. The Kier molecular flexibility index (Phi) is 7.66. The summed E-state index contributed by atoms with van der Waals surface area (Å²) in [4.78, 5) is 15.3. The van der Waals surface area contributed by atoms with E-state index in [2.05, 4.69) is 0 Å². The predicted octanol–water partition coefficient (Wildman–Crippen LogP) is 3.72. The van der Waals surface area contributed by atoms with Gasteiger partial charge in [-0.05, 0) is 43.3 Å². The fraction of sp³-hybridized carbons (Fsp3) is 0.350. The molecular formula is C20H25NO4S. The lowest BCUT2D eigenvalue weighted by molar-refractivity contribution is -0.129. The van der Waals surface area contributed by atoms with Gasteiger partial charge in [-0.2, -0.15) is 0 Å². The van der Waals surface area contributed by atoms with Gasteiger partial charge in [0, 0.05) is 11.9 Å². The number of thioether (sulfide) groups is 1. The van der Waals surface area contributed by atoms with Gasteiger partial charge in [-0.1, -0.05) is 12.1 Å². The lowest BCUT2D eigenvalue weighted by Crippen LogP contribution is -2.36. The number of nitrogens with zero attached hydrogens (tertiary/aromatic N) is 1. The molecule has 140 valence electrons. The molecule has 0 aromatic heterocycles. The van der Waals surface area contributed by atoms with Crippen molar-refractivity contribution in [1.29, 1.82) is 0 Å². The van der Waals surface area contributed by atoms with Crippen molar-refractivity contribution in [1.82, 2.24) is 4.90 Å². The predicted molar refractivity (Wildman–Crippen MR) is 104 cm³/mol. The normalized spacial score (nSPS) is 11.5. The maximum atomic E-state index is 12.5. The molecule has 1 unspecified atom stereocenters. The van der Waals surface area contributed by atoms with Gasteiger partial charge < -0.3 is 19.1 Å². The number of rotatable bonds is 9. The maximum Gasteiger partial charge on any atom is 0.235 e. The van der Waals surface area contributed by atoms with Gasteiger partial charge in [0.2, 0.25) is 5.91 Å². The molecular weight excluding hydrogens is 350 g/mol. The van der Waals surface area contributed by atoms with Gasteiger partial charge in [0.25, 0.3) is 0 Å². The molecule has 2 aromatic carbocycles. The van der Waals surface area contributed by atoms with E-state index in [0.29, 0.717) is 24.7 Å². The van der Waals surface area contributed by atoms with Crippen molar-refractivity contribution < 1.29 is 19.0 Å². The van der Waals surface area contributed by atoms with Crippen molar-refractivity contribution in [2.45, 2.75) is 17.1 Å². The molecule has 0 saturated heterocycles. The van der Waals surface area contributed by atoms with E-state index in [4.69, 9.17) is 14.2 Å². The standard InChI is InChI=1S/C20H25NO4S/c1-15(26-17-11-9-16(23-3)10-12-17)20(22)21(2)13-14-25-19-8-6-5-7-18(19)24-4/h5-12,15H,13-14H2,1-4H3. The third kappa shape index (κ3) is 5.59. The number of hydrogen-bond acceptors (Lipinski definition) is 5. The van der Waals surface area contributed by atoms with Crippen molar-refractivity contribution >= 4 is 17.7 Å². The first-order valence-corrected chi connectivity index (χ1v) is 9.24. The van der Waals surface area contributed by atoms with Crippen LogP contribution in [0.3, 0.4) is 0 Å². The van der Waals surface area contributed by atoms with Crippen LogP contribution in [0.5, 0.6) is 17.2 Å². The molecule has 6 heteroatoms. The van der Waals surface area contributed by atoms with Crippen LogP contribution < -0.4 is 14.2 Å². The summed E-state index contributed by atoms with van der Waals surface area (Å²) >= 11 is 1.53. The molecule has 1 atom stereocenters. The molecule has 0 radical (unpaired) electrons. The zero-order valence-corrected chi connectivity index (χ0v) is 16.4. The monoisotopic (exact) mass is 375 g/mol. The lowest BCUT2D eigenvalue weighted by Gasteiger charge is -2.21. The molecule has 0 aliphatic rings. The van der Waals surface area contributed by atoms with E-state index in [-0.39, 0.29) is 11.2 Å². The maximum absolute atomic E-state index is 12.5. The summed E-state index contributed by atoms with van der Waals surface area (Å²) in [6, 6.07) is 15.2. The van der Waals surface area contributed by atoms with Gasteiger partial charge >= 0.3 is 0 Å². The summed E-state index contributed by atoms with van der Waals surface area (Å²) in [5.41, 5.74) is 0. The average molecular weight is 375 g/mol. The average Bonchev–Trinajstić information content (AvgIpc) is 2.68. The van der Waals surface area contributed by atoms with E-state index in [1.807, 2.05) is 55.5 Å². The molecule has 2 rings (SSSR count). The summed E-state index contributed by atoms with van der Waals surface area (Å²) in [7, 11) is 5.03. The minimum Gasteiger partial charge on any atom is -0.497 e. The Morgan fingerprint density at radius 2 is 1.69 bits per heavy atom. The molecule has 0 saturated carbocycles. The summed E-state index contributed by atoms with van der Waals surface area (Å²) in [6.45, 7) is 2.82. The van der Waals surface area contributed by atoms with Crippen LogP contribution in [0.4, 0.5) is 0 Å². The largest absolute Gasteiger partial charge is 0.497 e. The van der Waals surface area contributed by atoms with Gasteiger partial charge in [0.05, 0.1) is 26.0 Å². The van der Waals surface area contributed by atoms with Crippen molar-refractivity contribution in [3.8, 4) is 17.2 Å². The molecule has 0 bridgehead atoms. The Labute approximate surface area is 159 Å². The molecule has 2 aromatic rings. The van der Waals surface area contributed by atoms with Gasteiger partial charge in [0.15, 0.2) is 11.5 Å². The number of hydrogen-bond donors (Lipinski definition) is 0. The molecule has 0 aliphatic heterocycles. The minimum absolute atomic E-state index is 0.0643. The first kappa shape index (κ1) is 20.0. The van der Waals surface area contributed by atoms with Crippen LogP contribution >= 0.6 is 11.8 Å². The molecule has 0 fully saturated rings. The van der Waals surface area contributed by atoms with E-state index < -0.39 is 0 Å². The van der Waals surface area contributed by atoms with E-state index in [1.165, 1.54) is 11.8 Å². The zero-order valence-electron chi connectivity index (χ0n) is 15.6. The molecule has 1 amide bonds. The van der Waals surface area contributed by atoms with Crippen molar-refractivity contribution in [2.24, 2.45) is 0 Å². The molecule has 0 N–H and O–H groups in total. The second-order valence-electron chi connectivity index (χ2n) is 5.69. The topological polar surface area (TPSA) is 48.0 Å². The lowest BCUT2D eigenvalue weighted by atomic mass is 10.3. The highest BCUT2D eigenvalue weighted by Crippen LogP contribution is 2.27. The first-order chi connectivity index (χ1) is 12.5. The molecule has 0 aliphatic carbocycles. The highest BCUT2D eigenvalue weighted by atomic mass is 32.2. The summed E-state index contributed by atoms with van der Waals surface area (Å²) in [5, 5.41) is -0.181. The molecule has 0 heterocycles. The minimum atomic E-state index is -0.181. The van der Waals surface area contributed by atoms with Gasteiger partial charge in [-0.15, -0.1) is 11.8 Å². The molecule has 26 heavy (non-hydrogen) atoms. The molecule has 0 spiro atoms. The van der Waals surface area contributed by atoms with Crippen molar-refractivity contribution in [2.75, 3.05) is 34.4 Å². The second kappa shape index (κ2) is 9.97. The summed E-state index contributed by atoms with van der Waals surface area (Å²) in [6.07, 6.45) is 0. The van der Waals surface area contributed by atoms with Crippen LogP contribution in [-0.2, 0) is 4.79 Å². The number of likely N-dealkylation sites (N-methyl/N-ethyl adjacent to an activating group) is 1. The van der Waals surface area contributed by atoms with E-state index in [1.54, 1.807) is 26.2 Å². The van der Waals surface area contributed by atoms with Crippen LogP contribution in [0.25, 0.3) is 0 Å². The van der Waals surface area contributed by atoms with Gasteiger partial charge in [-0.25, -0.2) is 0 Å². The quantitative estimate of drug-likeness (QED) is 0.625. The Morgan fingerprint density at radius 1 is 1.04 bits per heavy atom. The number of ether oxygens (including phenoxy) is 3. The van der Waals surface area contributed by atoms with Crippen LogP contribution in [0, 0.1) is 0 Å². The summed E-state index contributed by atoms with van der Waals surface area (Å²) in [5.74, 6) is 2.23. The first-order valence-electron chi connectivity index (χ1n) is 8.36. The van der Waals surface area contributed by atoms with Crippen LogP contribution in [0.2, 0.25) is 0 Å². The summed E-state index contributed by atoms with van der Waals surface area (Å²) < 4.78 is 16.1. The van der Waals surface area contributed by atoms with Crippen molar-refractivity contribution in [3.63, 3.8) is 0 Å². The Morgan fingerprint density at radius 3 is 2.31 bits per heavy atom. The number of carbonyl (C=O) groups excluding carboxylic acids is 1. The fourth-order valence-corrected chi connectivity index (χ4v) is 3.34. The van der Waals surface area contributed by atoms with Crippen molar-refractivity contribution in [3.05, 3.63) is 48.5 Å². The van der Waals surface area contributed by atoms with Crippen LogP contribution in [-0.4, -0.2) is 50.5 Å². The van der Waals surface area contributed by atoms with Gasteiger partial charge in [0.1, 0.15) is 12.4 Å². The second-order valence-corrected chi connectivity index (χ2v) is 7.11. The SMILES string of the molecule is COc1ccc(SC(C)C(=O)N(C)CCOc2ccccc2OC)cc1. The van der Waals surface area contributed by atoms with E-state index >= 15 is 0 Å². The van der Waals surface area contributed by atoms with Crippen LogP contribution in [0.15, 0.2) is 53.4 Å². The van der Waals surface area contributed by atoms with E-state index in [9.17, 15) is 4.79 Å². The fourth-order valence-electron chi connectivity index (χ4n) is 2.36. The number of methoxy groups -OCH3 is 2. The number of carbonyl (C=O) groups is 1. The Hall–Kier alpha value is -2.34. The van der Waals surface area contributed by atoms with Gasteiger partial charge in [-0.3, -0.25) is 4.79 Å². The smallest absolute Gasteiger partial charge is 0.235 e. The van der Waals surface area contributed by atoms with Crippen LogP contribution in [0.1, 0.15) is 6.92 Å². The third-order valence-corrected chi connectivity index (χ3v) is 4.95. The van der Waals surface area contributed by atoms with E-state index in [0.717, 1.165) is 10.6 Å².